The van der Waals surface area contributed by atoms with Crippen LogP contribution in [0.4, 0.5) is 11.4 Å². The molecular weight excluding hydrogens is 206 g/mol. The molecule has 0 aliphatic carbocycles. The van der Waals surface area contributed by atoms with Crippen LogP contribution in [-0.4, -0.2) is 4.98 Å². The first-order chi connectivity index (χ1) is 7.24. The molecule has 0 radical (unpaired) electrons. The number of nitrogens with one attached hydrogen (secondary N) is 1. The highest BCUT2D eigenvalue weighted by atomic mass is 32.1. The van der Waals surface area contributed by atoms with E-state index in [4.69, 9.17) is 5.73 Å². The maximum absolute atomic E-state index is 5.60. The Balaban J connectivity index is 1.96. The first-order valence-corrected chi connectivity index (χ1v) is 5.56. The lowest BCUT2D eigenvalue weighted by molar-refractivity contribution is 1.17. The van der Waals surface area contributed by atoms with Crippen molar-refractivity contribution >= 4 is 22.7 Å². The number of hydrogen-bond donors (Lipinski definition) is 2. The zero-order chi connectivity index (χ0) is 10.7. The Morgan fingerprint density at radius 3 is 2.67 bits per heavy atom. The van der Waals surface area contributed by atoms with Gasteiger partial charge in [-0.05, 0) is 31.2 Å². The largest absolute Gasteiger partial charge is 0.399 e. The molecule has 0 aliphatic heterocycles. The van der Waals surface area contributed by atoms with Crippen LogP contribution in [0.1, 0.15) is 9.88 Å². The van der Waals surface area contributed by atoms with E-state index < -0.39 is 0 Å². The summed E-state index contributed by atoms with van der Waals surface area (Å²) in [6.45, 7) is 2.83. The SMILES string of the molecule is Cc1ncc(CNc2ccc(N)cc2)s1. The van der Waals surface area contributed by atoms with E-state index in [1.165, 1.54) is 4.88 Å². The Morgan fingerprint density at radius 2 is 2.07 bits per heavy atom. The summed E-state index contributed by atoms with van der Waals surface area (Å²) in [4.78, 5) is 5.44. The van der Waals surface area contributed by atoms with Crippen molar-refractivity contribution in [2.24, 2.45) is 0 Å². The molecule has 2 rings (SSSR count). The fraction of sp³-hybridized carbons (Fsp3) is 0.182. The van der Waals surface area contributed by atoms with Gasteiger partial charge < -0.3 is 11.1 Å². The van der Waals surface area contributed by atoms with Gasteiger partial charge in [0.2, 0.25) is 0 Å². The zero-order valence-electron chi connectivity index (χ0n) is 8.53. The van der Waals surface area contributed by atoms with Crippen LogP contribution in [0.3, 0.4) is 0 Å². The number of anilines is 2. The van der Waals surface area contributed by atoms with Gasteiger partial charge in [-0.2, -0.15) is 0 Å². The van der Waals surface area contributed by atoms with Gasteiger partial charge in [-0.3, -0.25) is 0 Å². The lowest BCUT2D eigenvalue weighted by Gasteiger charge is -2.04. The highest BCUT2D eigenvalue weighted by Crippen LogP contribution is 2.15. The van der Waals surface area contributed by atoms with Crippen LogP contribution >= 0.6 is 11.3 Å². The first-order valence-electron chi connectivity index (χ1n) is 4.75. The van der Waals surface area contributed by atoms with E-state index in [2.05, 4.69) is 10.3 Å². The van der Waals surface area contributed by atoms with Gasteiger partial charge in [-0.25, -0.2) is 4.98 Å². The summed E-state index contributed by atoms with van der Waals surface area (Å²) < 4.78 is 0. The summed E-state index contributed by atoms with van der Waals surface area (Å²) in [6, 6.07) is 7.73. The predicted molar refractivity (Wildman–Crippen MR) is 65.0 cm³/mol. The van der Waals surface area contributed by atoms with Crippen molar-refractivity contribution in [3.63, 3.8) is 0 Å². The lowest BCUT2D eigenvalue weighted by Crippen LogP contribution is -1.97. The molecule has 2 aromatic rings. The molecule has 4 heteroatoms. The van der Waals surface area contributed by atoms with E-state index in [-0.39, 0.29) is 0 Å². The van der Waals surface area contributed by atoms with Gasteiger partial charge >= 0.3 is 0 Å². The van der Waals surface area contributed by atoms with E-state index in [9.17, 15) is 0 Å². The number of hydrogen-bond acceptors (Lipinski definition) is 4. The Bertz CT molecular complexity index is 433. The van der Waals surface area contributed by atoms with E-state index in [0.717, 1.165) is 22.9 Å². The first kappa shape index (κ1) is 9.98. The van der Waals surface area contributed by atoms with Crippen molar-refractivity contribution < 1.29 is 0 Å². The van der Waals surface area contributed by atoms with Gasteiger partial charge in [0.05, 0.1) is 11.6 Å². The summed E-state index contributed by atoms with van der Waals surface area (Å²) in [6.07, 6.45) is 1.91. The Labute approximate surface area is 93.0 Å². The average molecular weight is 219 g/mol. The van der Waals surface area contributed by atoms with Crippen LogP contribution in [0, 0.1) is 6.92 Å². The average Bonchev–Trinajstić information content (AvgIpc) is 2.64. The molecule has 0 saturated heterocycles. The van der Waals surface area contributed by atoms with E-state index in [0.29, 0.717) is 0 Å². The lowest BCUT2D eigenvalue weighted by atomic mass is 10.3. The summed E-state index contributed by atoms with van der Waals surface area (Å²) in [5.41, 5.74) is 7.47. The van der Waals surface area contributed by atoms with Gasteiger partial charge in [0, 0.05) is 22.4 Å². The van der Waals surface area contributed by atoms with Crippen molar-refractivity contribution in [2.75, 3.05) is 11.1 Å². The second kappa shape index (κ2) is 4.31. The number of aromatic nitrogens is 1. The maximum Gasteiger partial charge on any atom is 0.0897 e. The number of nitrogens with two attached hydrogens (primary N) is 1. The highest BCUT2D eigenvalue weighted by Gasteiger charge is 1.97. The van der Waals surface area contributed by atoms with Crippen LogP contribution in [0.25, 0.3) is 0 Å². The van der Waals surface area contributed by atoms with Crippen LogP contribution in [0.15, 0.2) is 30.5 Å². The minimum atomic E-state index is 0.786. The van der Waals surface area contributed by atoms with Crippen molar-refractivity contribution in [2.45, 2.75) is 13.5 Å². The molecule has 0 spiro atoms. The molecule has 1 aromatic carbocycles. The molecule has 1 aromatic heterocycles. The zero-order valence-corrected chi connectivity index (χ0v) is 9.34. The van der Waals surface area contributed by atoms with Crippen molar-refractivity contribution in [1.82, 2.24) is 4.98 Å². The summed E-state index contributed by atoms with van der Waals surface area (Å²) in [7, 11) is 0. The normalized spacial score (nSPS) is 10.2. The molecule has 0 aliphatic rings. The molecule has 15 heavy (non-hydrogen) atoms. The van der Waals surface area contributed by atoms with Gasteiger partial charge in [-0.1, -0.05) is 0 Å². The molecule has 3 N–H and O–H groups in total. The van der Waals surface area contributed by atoms with E-state index in [1.807, 2.05) is 37.4 Å². The van der Waals surface area contributed by atoms with E-state index in [1.54, 1.807) is 11.3 Å². The van der Waals surface area contributed by atoms with Crippen LogP contribution in [-0.2, 0) is 6.54 Å². The Morgan fingerprint density at radius 1 is 1.33 bits per heavy atom. The molecule has 0 atom stereocenters. The maximum atomic E-state index is 5.60. The Hall–Kier alpha value is -1.55. The number of aryl methyl sites for hydroxylation is 1. The topological polar surface area (TPSA) is 50.9 Å². The number of benzene rings is 1. The van der Waals surface area contributed by atoms with Gasteiger partial charge in [0.25, 0.3) is 0 Å². The second-order valence-electron chi connectivity index (χ2n) is 3.32. The summed E-state index contributed by atoms with van der Waals surface area (Å²) in [5, 5.41) is 4.42. The molecule has 3 nitrogen and oxygen atoms in total. The number of thiazole rings is 1. The molecule has 0 bridgehead atoms. The minimum Gasteiger partial charge on any atom is -0.399 e. The molecule has 1 heterocycles. The third-order valence-corrected chi connectivity index (χ3v) is 2.96. The summed E-state index contributed by atoms with van der Waals surface area (Å²) in [5.74, 6) is 0. The highest BCUT2D eigenvalue weighted by molar-refractivity contribution is 7.11. The fourth-order valence-corrected chi connectivity index (χ4v) is 2.01. The molecule has 0 unspecified atom stereocenters. The van der Waals surface area contributed by atoms with Crippen molar-refractivity contribution in [3.8, 4) is 0 Å². The smallest absolute Gasteiger partial charge is 0.0897 e. The van der Waals surface area contributed by atoms with Crippen LogP contribution < -0.4 is 11.1 Å². The van der Waals surface area contributed by atoms with Crippen LogP contribution in [0.2, 0.25) is 0 Å². The molecule has 0 fully saturated rings. The number of nitrogen functional groups attached to an aromatic ring is 1. The minimum absolute atomic E-state index is 0.786. The van der Waals surface area contributed by atoms with Crippen molar-refractivity contribution in [1.29, 1.82) is 0 Å². The molecule has 0 amide bonds. The van der Waals surface area contributed by atoms with Gasteiger partial charge in [0.1, 0.15) is 0 Å². The quantitative estimate of drug-likeness (QED) is 0.780. The molecule has 78 valence electrons. The van der Waals surface area contributed by atoms with Gasteiger partial charge in [-0.15, -0.1) is 11.3 Å². The summed E-state index contributed by atoms with van der Waals surface area (Å²) >= 11 is 1.71. The number of rotatable bonds is 3. The van der Waals surface area contributed by atoms with Crippen LogP contribution in [0.5, 0.6) is 0 Å². The fourth-order valence-electron chi connectivity index (χ4n) is 1.28. The Kier molecular flexibility index (Phi) is 2.87. The predicted octanol–water partition coefficient (Wildman–Crippen LogP) is 2.65. The molecular formula is C11H13N3S. The third kappa shape index (κ3) is 2.70. The third-order valence-electron chi connectivity index (χ3n) is 2.05. The van der Waals surface area contributed by atoms with Crippen molar-refractivity contribution in [3.05, 3.63) is 40.3 Å². The monoisotopic (exact) mass is 219 g/mol. The van der Waals surface area contributed by atoms with E-state index >= 15 is 0 Å². The standard InChI is InChI=1S/C11H13N3S/c1-8-13-6-11(15-8)7-14-10-4-2-9(12)3-5-10/h2-6,14H,7,12H2,1H3. The molecule has 0 saturated carbocycles. The second-order valence-corrected chi connectivity index (χ2v) is 4.64. The number of nitrogens with zero attached hydrogens (tertiary/aromatic N) is 1. The van der Waals surface area contributed by atoms with Gasteiger partial charge in [0.15, 0.2) is 0 Å².